The van der Waals surface area contributed by atoms with Crippen molar-refractivity contribution in [2.24, 2.45) is 23.2 Å². The minimum atomic E-state index is -1.18. The molecular weight excluding hydrogens is 538 g/mol. The molecule has 0 aromatic rings. The molecule has 0 unspecified atom stereocenters. The van der Waals surface area contributed by atoms with E-state index in [2.05, 4.69) is 21.3 Å². The van der Waals surface area contributed by atoms with E-state index in [0.29, 0.717) is 13.0 Å². The van der Waals surface area contributed by atoms with E-state index < -0.39 is 47.1 Å². The Morgan fingerprint density at radius 1 is 0.881 bits per heavy atom. The molecule has 3 aliphatic carbocycles. The maximum Gasteiger partial charge on any atom is 0.289 e. The zero-order valence-electron chi connectivity index (χ0n) is 25.6. The summed E-state index contributed by atoms with van der Waals surface area (Å²) in [7, 11) is 1.60. The van der Waals surface area contributed by atoms with Gasteiger partial charge in [-0.25, -0.2) is 0 Å². The van der Waals surface area contributed by atoms with Crippen LogP contribution in [-0.2, 0) is 28.8 Å². The van der Waals surface area contributed by atoms with Gasteiger partial charge in [0.1, 0.15) is 12.1 Å². The van der Waals surface area contributed by atoms with E-state index in [1.165, 1.54) is 4.90 Å². The average molecular weight is 588 g/mol. The second-order valence-corrected chi connectivity index (χ2v) is 13.9. The SMILES string of the molecule is CN(C(=O)[C@H](NC(=O)C(C)(C)C)C1CCCC1)[C@H](C(=O)N[C@@H](C[C@@H]1CCCNC1=O)C(=O)C(=O)NC1CC1)C1CCC1. The number of nitrogens with one attached hydrogen (secondary N) is 4. The average Bonchev–Trinajstić information content (AvgIpc) is 3.56. The highest BCUT2D eigenvalue weighted by molar-refractivity contribution is 6.38. The molecule has 3 saturated carbocycles. The molecule has 4 N–H and O–H groups in total. The van der Waals surface area contributed by atoms with Gasteiger partial charge in [0, 0.05) is 31.0 Å². The summed E-state index contributed by atoms with van der Waals surface area (Å²) in [6.07, 6.45) is 9.02. The molecule has 4 atom stereocenters. The third-order valence-corrected chi connectivity index (χ3v) is 9.42. The number of carbonyl (C=O) groups is 6. The van der Waals surface area contributed by atoms with E-state index in [1.54, 1.807) is 27.8 Å². The van der Waals surface area contributed by atoms with Gasteiger partial charge in [0.25, 0.3) is 5.91 Å². The summed E-state index contributed by atoms with van der Waals surface area (Å²) in [6.45, 7) is 5.97. The fraction of sp³-hybridized carbons (Fsp3) is 0.806. The van der Waals surface area contributed by atoms with E-state index in [1.807, 2.05) is 0 Å². The predicted molar refractivity (Wildman–Crippen MR) is 156 cm³/mol. The van der Waals surface area contributed by atoms with Gasteiger partial charge in [0.05, 0.1) is 6.04 Å². The van der Waals surface area contributed by atoms with Crippen molar-refractivity contribution in [3.8, 4) is 0 Å². The molecular formula is C31H49N5O6. The maximum absolute atomic E-state index is 14.0. The van der Waals surface area contributed by atoms with Crippen LogP contribution in [-0.4, -0.2) is 78.0 Å². The van der Waals surface area contributed by atoms with Crippen LogP contribution in [0.25, 0.3) is 0 Å². The molecule has 42 heavy (non-hydrogen) atoms. The second-order valence-electron chi connectivity index (χ2n) is 13.9. The fourth-order valence-corrected chi connectivity index (χ4v) is 6.32. The zero-order chi connectivity index (χ0) is 30.6. The number of ketones is 1. The Labute approximate surface area is 249 Å². The van der Waals surface area contributed by atoms with Gasteiger partial charge >= 0.3 is 0 Å². The van der Waals surface area contributed by atoms with Gasteiger partial charge in [-0.1, -0.05) is 40.0 Å². The topological polar surface area (TPSA) is 154 Å². The molecule has 0 spiro atoms. The lowest BCUT2D eigenvalue weighted by molar-refractivity contribution is -0.148. The first kappa shape index (κ1) is 31.9. The quantitative estimate of drug-likeness (QED) is 0.254. The Balaban J connectivity index is 1.54. The van der Waals surface area contributed by atoms with Crippen LogP contribution in [0.2, 0.25) is 0 Å². The van der Waals surface area contributed by atoms with Gasteiger partial charge in [0.2, 0.25) is 29.4 Å². The molecule has 0 bridgehead atoms. The molecule has 4 rings (SSSR count). The molecule has 1 heterocycles. The Morgan fingerprint density at radius 2 is 1.52 bits per heavy atom. The third-order valence-electron chi connectivity index (χ3n) is 9.42. The molecule has 0 aromatic carbocycles. The predicted octanol–water partition coefficient (Wildman–Crippen LogP) is 1.58. The Kier molecular flexibility index (Phi) is 10.3. The van der Waals surface area contributed by atoms with Crippen LogP contribution in [0.4, 0.5) is 0 Å². The van der Waals surface area contributed by atoms with Crippen molar-refractivity contribution in [2.75, 3.05) is 13.6 Å². The van der Waals surface area contributed by atoms with Gasteiger partial charge in [-0.3, -0.25) is 28.8 Å². The van der Waals surface area contributed by atoms with Crippen LogP contribution in [0.5, 0.6) is 0 Å². The van der Waals surface area contributed by atoms with Crippen molar-refractivity contribution in [2.45, 2.75) is 122 Å². The molecule has 0 aromatic heterocycles. The Hall–Kier alpha value is -2.98. The Morgan fingerprint density at radius 3 is 2.07 bits per heavy atom. The van der Waals surface area contributed by atoms with Crippen molar-refractivity contribution < 1.29 is 28.8 Å². The van der Waals surface area contributed by atoms with Gasteiger partial charge in [-0.15, -0.1) is 0 Å². The number of hydrogen-bond acceptors (Lipinski definition) is 6. The highest BCUT2D eigenvalue weighted by Crippen LogP contribution is 2.34. The number of carbonyl (C=O) groups excluding carboxylic acids is 6. The van der Waals surface area contributed by atoms with E-state index in [4.69, 9.17) is 0 Å². The molecule has 11 heteroatoms. The molecule has 5 amide bonds. The van der Waals surface area contributed by atoms with Crippen LogP contribution < -0.4 is 21.3 Å². The summed E-state index contributed by atoms with van der Waals surface area (Å²) >= 11 is 0. The van der Waals surface area contributed by atoms with Gasteiger partial charge in [-0.2, -0.15) is 0 Å². The summed E-state index contributed by atoms with van der Waals surface area (Å²) in [5.74, 6) is -3.35. The lowest BCUT2D eigenvalue weighted by Crippen LogP contribution is -2.61. The normalized spacial score (nSPS) is 23.5. The van der Waals surface area contributed by atoms with E-state index in [-0.39, 0.29) is 42.0 Å². The monoisotopic (exact) mass is 587 g/mol. The summed E-state index contributed by atoms with van der Waals surface area (Å²) in [5, 5.41) is 11.3. The molecule has 4 fully saturated rings. The molecule has 11 nitrogen and oxygen atoms in total. The summed E-state index contributed by atoms with van der Waals surface area (Å²) in [4.78, 5) is 81.0. The highest BCUT2D eigenvalue weighted by Gasteiger charge is 2.44. The molecule has 1 aliphatic heterocycles. The van der Waals surface area contributed by atoms with Gasteiger partial charge in [0.15, 0.2) is 0 Å². The first-order valence-corrected chi connectivity index (χ1v) is 15.9. The second kappa shape index (κ2) is 13.5. The number of hydrogen-bond donors (Lipinski definition) is 4. The van der Waals surface area contributed by atoms with E-state index in [0.717, 1.165) is 64.2 Å². The van der Waals surface area contributed by atoms with Crippen molar-refractivity contribution in [3.63, 3.8) is 0 Å². The molecule has 1 saturated heterocycles. The van der Waals surface area contributed by atoms with Crippen molar-refractivity contribution in [3.05, 3.63) is 0 Å². The van der Waals surface area contributed by atoms with Crippen LogP contribution in [0.3, 0.4) is 0 Å². The lowest BCUT2D eigenvalue weighted by atomic mass is 9.78. The summed E-state index contributed by atoms with van der Waals surface area (Å²) < 4.78 is 0. The van der Waals surface area contributed by atoms with Gasteiger partial charge < -0.3 is 26.2 Å². The van der Waals surface area contributed by atoms with Crippen LogP contribution in [0.1, 0.15) is 97.8 Å². The molecule has 4 aliphatic rings. The van der Waals surface area contributed by atoms with Crippen molar-refractivity contribution >= 4 is 35.3 Å². The van der Waals surface area contributed by atoms with Crippen molar-refractivity contribution in [1.29, 1.82) is 0 Å². The standard InChI is InChI=1S/C31H49N5O6/c1-31(2,3)30(42)35-23(18-9-5-6-10-18)29(41)36(4)24(19-11-7-12-19)27(39)34-22(17-20-13-8-16-32-26(20)38)25(37)28(40)33-21-14-15-21/h18-24H,5-17H2,1-4H3,(H,32,38)(H,33,40)(H,34,39)(H,35,42)/t20-,22-,23+,24-/m0/s1. The number of piperidine rings is 1. The van der Waals surface area contributed by atoms with Crippen LogP contribution in [0.15, 0.2) is 0 Å². The van der Waals surface area contributed by atoms with Crippen molar-refractivity contribution in [1.82, 2.24) is 26.2 Å². The Bertz CT molecular complexity index is 1060. The first-order chi connectivity index (χ1) is 19.9. The van der Waals surface area contributed by atoms with Gasteiger partial charge in [-0.05, 0) is 69.6 Å². The first-order valence-electron chi connectivity index (χ1n) is 15.9. The van der Waals surface area contributed by atoms with E-state index in [9.17, 15) is 28.8 Å². The minimum absolute atomic E-state index is 0.0124. The maximum atomic E-state index is 14.0. The smallest absolute Gasteiger partial charge is 0.289 e. The summed E-state index contributed by atoms with van der Waals surface area (Å²) in [5.41, 5.74) is -0.680. The number of likely N-dealkylation sites (N-methyl/N-ethyl adjacent to an activating group) is 1. The minimum Gasteiger partial charge on any atom is -0.356 e. The third kappa shape index (κ3) is 7.89. The lowest BCUT2D eigenvalue weighted by Gasteiger charge is -2.41. The largest absolute Gasteiger partial charge is 0.356 e. The van der Waals surface area contributed by atoms with Crippen LogP contribution in [0, 0.1) is 23.2 Å². The fourth-order valence-electron chi connectivity index (χ4n) is 6.32. The molecule has 234 valence electrons. The van der Waals surface area contributed by atoms with Crippen LogP contribution >= 0.6 is 0 Å². The number of rotatable bonds is 12. The number of amides is 5. The molecule has 0 radical (unpaired) electrons. The number of Topliss-reactive ketones (excluding diaryl/α,β-unsaturated/α-hetero) is 1. The zero-order valence-corrected chi connectivity index (χ0v) is 25.6. The number of nitrogens with zero attached hydrogens (tertiary/aromatic N) is 1. The highest BCUT2D eigenvalue weighted by atomic mass is 16.2. The summed E-state index contributed by atoms with van der Waals surface area (Å²) in [6, 6.07) is -2.81. The van der Waals surface area contributed by atoms with E-state index >= 15 is 0 Å².